The van der Waals surface area contributed by atoms with Crippen LogP contribution in [0.3, 0.4) is 0 Å². The van der Waals surface area contributed by atoms with Crippen molar-refractivity contribution in [2.45, 2.75) is 4.90 Å². The summed E-state index contributed by atoms with van der Waals surface area (Å²) in [5, 5.41) is 10.4. The Kier molecular flexibility index (Phi) is 4.14. The fourth-order valence-electron chi connectivity index (χ4n) is 1.70. The fraction of sp³-hybridized carbons (Fsp3) is 0.167. The number of hydrogen-bond acceptors (Lipinski definition) is 6. The maximum absolute atomic E-state index is 12.3. The van der Waals surface area contributed by atoms with Gasteiger partial charge in [-0.15, -0.1) is 11.3 Å². The average molecular weight is 327 g/mol. The first-order valence-corrected chi connectivity index (χ1v) is 8.15. The Bertz CT molecular complexity index is 768. The molecule has 0 aliphatic rings. The summed E-state index contributed by atoms with van der Waals surface area (Å²) in [4.78, 5) is 16.3. The van der Waals surface area contributed by atoms with Crippen LogP contribution in [-0.4, -0.2) is 38.6 Å². The molecule has 2 heterocycles. The molecular formula is C12H13N3O4S2. The molecule has 9 heteroatoms. The summed E-state index contributed by atoms with van der Waals surface area (Å²) < 4.78 is 27.1. The number of nitrogens with one attached hydrogen (secondary N) is 1. The summed E-state index contributed by atoms with van der Waals surface area (Å²) in [5.41, 5.74) is 0.282. The lowest BCUT2D eigenvalue weighted by Crippen LogP contribution is -2.19. The van der Waals surface area contributed by atoms with Crippen molar-refractivity contribution in [2.75, 3.05) is 23.7 Å². The minimum absolute atomic E-state index is 0.224. The maximum Gasteiger partial charge on any atom is 0.347 e. The number of carbonyl (C=O) groups is 1. The normalized spacial score (nSPS) is 11.1. The molecule has 112 valence electrons. The van der Waals surface area contributed by atoms with Gasteiger partial charge in [-0.25, -0.2) is 18.2 Å². The Morgan fingerprint density at radius 3 is 2.71 bits per heavy atom. The van der Waals surface area contributed by atoms with E-state index in [4.69, 9.17) is 5.11 Å². The predicted molar refractivity (Wildman–Crippen MR) is 80.7 cm³/mol. The van der Waals surface area contributed by atoms with Crippen LogP contribution in [0.4, 0.5) is 11.5 Å². The molecule has 0 amide bonds. The van der Waals surface area contributed by atoms with Crippen molar-refractivity contribution in [2.24, 2.45) is 0 Å². The topological polar surface area (TPSA) is 99.6 Å². The lowest BCUT2D eigenvalue weighted by atomic mass is 10.4. The minimum atomic E-state index is -3.99. The second-order valence-corrected chi connectivity index (χ2v) is 6.86. The highest BCUT2D eigenvalue weighted by atomic mass is 32.2. The third kappa shape index (κ3) is 3.14. The highest BCUT2D eigenvalue weighted by Gasteiger charge is 2.25. The summed E-state index contributed by atoms with van der Waals surface area (Å²) in [6.07, 6.45) is 1.54. The number of carboxylic acid groups (broad SMARTS) is 1. The first-order valence-electron chi connectivity index (χ1n) is 5.79. The smallest absolute Gasteiger partial charge is 0.347 e. The number of aromatic nitrogens is 1. The lowest BCUT2D eigenvalue weighted by molar-refractivity contribution is 0.0698. The van der Waals surface area contributed by atoms with Crippen molar-refractivity contribution in [3.05, 3.63) is 34.7 Å². The molecule has 0 unspecified atom stereocenters. The Labute approximate surface area is 125 Å². The Balaban J connectivity index is 2.43. The van der Waals surface area contributed by atoms with Gasteiger partial charge in [0.05, 0.1) is 5.69 Å². The molecule has 0 spiro atoms. The number of thiophene rings is 1. The van der Waals surface area contributed by atoms with Gasteiger partial charge in [-0.05, 0) is 23.6 Å². The van der Waals surface area contributed by atoms with Crippen LogP contribution in [0.1, 0.15) is 9.67 Å². The molecule has 0 aromatic carbocycles. The molecule has 21 heavy (non-hydrogen) atoms. The molecule has 0 atom stereocenters. The number of aromatic carboxylic acids is 1. The zero-order valence-corrected chi connectivity index (χ0v) is 12.9. The molecule has 0 fully saturated rings. The molecule has 0 saturated heterocycles. The van der Waals surface area contributed by atoms with Crippen LogP contribution in [-0.2, 0) is 10.0 Å². The van der Waals surface area contributed by atoms with Crippen molar-refractivity contribution in [3.8, 4) is 0 Å². The first-order chi connectivity index (χ1) is 9.83. The Hall–Kier alpha value is -2.13. The standard InChI is InChI=1S/C12H13N3O4S2/c1-15(2)11-8(4-3-6-13-11)14-21(18,19)9-5-7-20-10(9)12(16)17/h3-7,14H,1-2H3,(H,16,17). The van der Waals surface area contributed by atoms with E-state index in [1.807, 2.05) is 0 Å². The molecule has 2 aromatic heterocycles. The number of pyridine rings is 1. The molecule has 0 aliphatic carbocycles. The summed E-state index contributed by atoms with van der Waals surface area (Å²) in [6, 6.07) is 4.42. The van der Waals surface area contributed by atoms with E-state index in [0.29, 0.717) is 5.82 Å². The highest BCUT2D eigenvalue weighted by Crippen LogP contribution is 2.27. The summed E-state index contributed by atoms with van der Waals surface area (Å²) >= 11 is 0.861. The van der Waals surface area contributed by atoms with E-state index in [-0.39, 0.29) is 15.5 Å². The molecular weight excluding hydrogens is 314 g/mol. The van der Waals surface area contributed by atoms with Gasteiger partial charge in [-0.3, -0.25) is 4.72 Å². The van der Waals surface area contributed by atoms with Crippen LogP contribution in [0.15, 0.2) is 34.7 Å². The van der Waals surface area contributed by atoms with Crippen LogP contribution in [0.2, 0.25) is 0 Å². The molecule has 0 saturated carbocycles. The van der Waals surface area contributed by atoms with E-state index in [0.717, 1.165) is 11.3 Å². The van der Waals surface area contributed by atoms with E-state index in [1.54, 1.807) is 37.3 Å². The molecule has 0 radical (unpaired) electrons. The Morgan fingerprint density at radius 1 is 1.38 bits per heavy atom. The quantitative estimate of drug-likeness (QED) is 0.867. The number of rotatable bonds is 5. The summed E-state index contributed by atoms with van der Waals surface area (Å²) in [7, 11) is -0.530. The van der Waals surface area contributed by atoms with Crippen molar-refractivity contribution in [3.63, 3.8) is 0 Å². The van der Waals surface area contributed by atoms with Gasteiger partial charge in [0.1, 0.15) is 9.77 Å². The Morgan fingerprint density at radius 2 is 2.10 bits per heavy atom. The third-order valence-electron chi connectivity index (χ3n) is 2.57. The number of carboxylic acids is 1. The average Bonchev–Trinajstić information content (AvgIpc) is 2.88. The van der Waals surface area contributed by atoms with E-state index < -0.39 is 16.0 Å². The second kappa shape index (κ2) is 5.70. The van der Waals surface area contributed by atoms with Crippen LogP contribution >= 0.6 is 11.3 Å². The molecule has 2 N–H and O–H groups in total. The fourth-order valence-corrected chi connectivity index (χ4v) is 4.02. The summed E-state index contributed by atoms with van der Waals surface area (Å²) in [6.45, 7) is 0. The van der Waals surface area contributed by atoms with Gasteiger partial charge in [0.25, 0.3) is 10.0 Å². The molecule has 2 aromatic rings. The maximum atomic E-state index is 12.3. The molecule has 0 aliphatic heterocycles. The zero-order chi connectivity index (χ0) is 15.6. The van der Waals surface area contributed by atoms with Crippen LogP contribution in [0.5, 0.6) is 0 Å². The van der Waals surface area contributed by atoms with Gasteiger partial charge in [0.2, 0.25) is 0 Å². The van der Waals surface area contributed by atoms with Gasteiger partial charge >= 0.3 is 5.97 Å². The van der Waals surface area contributed by atoms with E-state index in [1.165, 1.54) is 11.4 Å². The SMILES string of the molecule is CN(C)c1ncccc1NS(=O)(=O)c1ccsc1C(=O)O. The first kappa shape index (κ1) is 15.3. The number of anilines is 2. The number of sulfonamides is 1. The monoisotopic (exact) mass is 327 g/mol. The molecule has 2 rings (SSSR count). The van der Waals surface area contributed by atoms with E-state index in [2.05, 4.69) is 9.71 Å². The van der Waals surface area contributed by atoms with Gasteiger partial charge in [-0.2, -0.15) is 0 Å². The number of nitrogens with zero attached hydrogens (tertiary/aromatic N) is 2. The van der Waals surface area contributed by atoms with Crippen LogP contribution in [0.25, 0.3) is 0 Å². The number of hydrogen-bond donors (Lipinski definition) is 2. The molecule has 7 nitrogen and oxygen atoms in total. The van der Waals surface area contributed by atoms with Crippen LogP contribution in [0, 0.1) is 0 Å². The lowest BCUT2D eigenvalue weighted by Gasteiger charge is -2.16. The highest BCUT2D eigenvalue weighted by molar-refractivity contribution is 7.93. The van der Waals surface area contributed by atoms with Crippen LogP contribution < -0.4 is 9.62 Å². The second-order valence-electron chi connectivity index (χ2n) is 4.29. The predicted octanol–water partition coefficient (Wildman–Crippen LogP) is 1.71. The van der Waals surface area contributed by atoms with Gasteiger partial charge in [0, 0.05) is 20.3 Å². The minimum Gasteiger partial charge on any atom is -0.477 e. The zero-order valence-electron chi connectivity index (χ0n) is 11.3. The largest absolute Gasteiger partial charge is 0.477 e. The van der Waals surface area contributed by atoms with Crippen molar-refractivity contribution < 1.29 is 18.3 Å². The van der Waals surface area contributed by atoms with Gasteiger partial charge in [0.15, 0.2) is 5.82 Å². The van der Waals surface area contributed by atoms with E-state index in [9.17, 15) is 13.2 Å². The third-order valence-corrected chi connectivity index (χ3v) is 5.01. The van der Waals surface area contributed by atoms with E-state index >= 15 is 0 Å². The summed E-state index contributed by atoms with van der Waals surface area (Å²) in [5.74, 6) is -0.836. The van der Waals surface area contributed by atoms with Crippen molar-refractivity contribution in [1.29, 1.82) is 0 Å². The van der Waals surface area contributed by atoms with Crippen molar-refractivity contribution >= 4 is 38.8 Å². The molecule has 0 bridgehead atoms. The van der Waals surface area contributed by atoms with Crippen molar-refractivity contribution in [1.82, 2.24) is 4.98 Å². The van der Waals surface area contributed by atoms with Gasteiger partial charge < -0.3 is 10.0 Å². The van der Waals surface area contributed by atoms with Gasteiger partial charge in [-0.1, -0.05) is 0 Å².